The van der Waals surface area contributed by atoms with Crippen molar-refractivity contribution in [2.45, 2.75) is 42.4 Å². The molecule has 1 unspecified atom stereocenters. The number of hydrogen-bond donors (Lipinski definition) is 1. The Hall–Kier alpha value is -2.12. The van der Waals surface area contributed by atoms with Gasteiger partial charge in [-0.25, -0.2) is 4.79 Å². The molecule has 0 fully saturated rings. The van der Waals surface area contributed by atoms with E-state index in [-0.39, 0.29) is 5.56 Å². The summed E-state index contributed by atoms with van der Waals surface area (Å²) in [6.45, 7) is 0. The van der Waals surface area contributed by atoms with Gasteiger partial charge in [-0.2, -0.15) is 48.3 Å². The number of hydrogen-bond acceptors (Lipinski definition) is 3. The third-order valence-corrected chi connectivity index (χ3v) is 3.77. The second kappa shape index (κ2) is 7.61. The summed E-state index contributed by atoms with van der Waals surface area (Å²) < 4.78 is 146. The van der Waals surface area contributed by atoms with Crippen LogP contribution in [0.3, 0.4) is 0 Å². The molecular formula is C15H11F11O3. The zero-order chi connectivity index (χ0) is 23.1. The molecule has 1 atom stereocenters. The molecule has 3 nitrogen and oxygen atoms in total. The van der Waals surface area contributed by atoms with Crippen molar-refractivity contribution in [3.8, 4) is 0 Å². The van der Waals surface area contributed by atoms with Crippen LogP contribution in [0.1, 0.15) is 28.4 Å². The van der Waals surface area contributed by atoms with E-state index in [1.54, 1.807) is 0 Å². The number of rotatable bonds is 7. The fraction of sp³-hybridized carbons (Fsp3) is 0.533. The van der Waals surface area contributed by atoms with Gasteiger partial charge in [0, 0.05) is 6.42 Å². The van der Waals surface area contributed by atoms with Gasteiger partial charge in [-0.1, -0.05) is 12.1 Å². The summed E-state index contributed by atoms with van der Waals surface area (Å²) in [6, 6.07) is 3.20. The van der Waals surface area contributed by atoms with E-state index in [2.05, 4.69) is 4.74 Å². The van der Waals surface area contributed by atoms with Crippen LogP contribution in [0.25, 0.3) is 0 Å². The molecule has 1 N–H and O–H groups in total. The van der Waals surface area contributed by atoms with Gasteiger partial charge in [0.05, 0.1) is 18.8 Å². The number of methoxy groups -OCH3 is 1. The molecule has 0 saturated heterocycles. The average molecular weight is 448 g/mol. The summed E-state index contributed by atoms with van der Waals surface area (Å²) in [5.74, 6) is -29.3. The van der Waals surface area contributed by atoms with Gasteiger partial charge in [0.25, 0.3) is 0 Å². The number of carbonyl (C=O) groups excluding carboxylic acids is 1. The molecule has 0 radical (unpaired) electrons. The van der Waals surface area contributed by atoms with Crippen LogP contribution in [0.4, 0.5) is 48.3 Å². The largest absolute Gasteiger partial charge is 0.465 e. The number of alkyl halides is 11. The minimum Gasteiger partial charge on any atom is -0.465 e. The standard InChI is InChI=1S/C15H11F11O3/c1-29-10(28)8-4-2-7(3-5-8)9(27)6-11(16,17)12(18,19)13(20,21)14(22,23)15(24,25)26/h2-5,9,27H,6H2,1H3. The predicted octanol–water partition coefficient (Wildman–Crippen LogP) is 5.00. The third kappa shape index (κ3) is 4.26. The van der Waals surface area contributed by atoms with Crippen molar-refractivity contribution < 1.29 is 62.9 Å². The zero-order valence-electron chi connectivity index (χ0n) is 14.0. The number of halogens is 11. The lowest BCUT2D eigenvalue weighted by Gasteiger charge is -2.37. The number of benzene rings is 1. The van der Waals surface area contributed by atoms with Crippen molar-refractivity contribution in [1.82, 2.24) is 0 Å². The second-order valence-electron chi connectivity index (χ2n) is 5.76. The Morgan fingerprint density at radius 1 is 0.862 bits per heavy atom. The molecule has 0 bridgehead atoms. The van der Waals surface area contributed by atoms with Crippen LogP contribution in [-0.4, -0.2) is 48.1 Å². The summed E-state index contributed by atoms with van der Waals surface area (Å²) in [4.78, 5) is 11.2. The lowest BCUT2D eigenvalue weighted by molar-refractivity contribution is -0.423. The highest BCUT2D eigenvalue weighted by Gasteiger charge is 2.87. The van der Waals surface area contributed by atoms with E-state index >= 15 is 0 Å². The Morgan fingerprint density at radius 3 is 1.69 bits per heavy atom. The Labute approximate surface area is 155 Å². The fourth-order valence-electron chi connectivity index (χ4n) is 2.05. The maximum absolute atomic E-state index is 13.6. The molecule has 0 aliphatic rings. The van der Waals surface area contributed by atoms with Crippen LogP contribution in [0.5, 0.6) is 0 Å². The molecule has 0 amide bonds. The van der Waals surface area contributed by atoms with Crippen LogP contribution in [0.2, 0.25) is 0 Å². The molecule has 0 saturated carbocycles. The van der Waals surface area contributed by atoms with E-state index in [4.69, 9.17) is 0 Å². The molecule has 166 valence electrons. The Balaban J connectivity index is 3.18. The van der Waals surface area contributed by atoms with Crippen molar-refractivity contribution >= 4 is 5.97 Å². The van der Waals surface area contributed by atoms with Crippen molar-refractivity contribution in [2.24, 2.45) is 0 Å². The maximum atomic E-state index is 13.6. The normalized spacial score (nSPS) is 15.2. The summed E-state index contributed by atoms with van der Waals surface area (Å²) in [6.07, 6.45) is -12.6. The number of aliphatic hydroxyl groups excluding tert-OH is 1. The number of esters is 1. The Kier molecular flexibility index (Phi) is 6.54. The van der Waals surface area contributed by atoms with Gasteiger partial charge in [-0.05, 0) is 17.7 Å². The molecule has 0 spiro atoms. The molecule has 29 heavy (non-hydrogen) atoms. The molecule has 0 aliphatic carbocycles. The quantitative estimate of drug-likeness (QED) is 0.472. The smallest absolute Gasteiger partial charge is 0.460 e. The van der Waals surface area contributed by atoms with Crippen molar-refractivity contribution in [3.05, 3.63) is 35.4 Å². The zero-order valence-corrected chi connectivity index (χ0v) is 14.0. The lowest BCUT2D eigenvalue weighted by atomic mass is 9.92. The maximum Gasteiger partial charge on any atom is 0.460 e. The van der Waals surface area contributed by atoms with Crippen LogP contribution < -0.4 is 0 Å². The van der Waals surface area contributed by atoms with Crippen LogP contribution in [0, 0.1) is 0 Å². The van der Waals surface area contributed by atoms with Gasteiger partial charge in [-0.15, -0.1) is 0 Å². The SMILES string of the molecule is COC(=O)c1ccc(C(O)CC(F)(F)C(F)(F)C(F)(F)C(F)(F)C(F)(F)F)cc1. The fourth-order valence-corrected chi connectivity index (χ4v) is 2.05. The van der Waals surface area contributed by atoms with Gasteiger partial charge >= 0.3 is 35.8 Å². The topological polar surface area (TPSA) is 46.5 Å². The van der Waals surface area contributed by atoms with Crippen molar-refractivity contribution in [1.29, 1.82) is 0 Å². The first-order chi connectivity index (χ1) is 12.8. The Morgan fingerprint density at radius 2 is 1.31 bits per heavy atom. The molecule has 1 rings (SSSR count). The first-order valence-electron chi connectivity index (χ1n) is 7.28. The Bertz CT molecular complexity index is 726. The van der Waals surface area contributed by atoms with Gasteiger partial charge in [0.2, 0.25) is 0 Å². The monoisotopic (exact) mass is 448 g/mol. The summed E-state index contributed by atoms with van der Waals surface area (Å²) in [5.41, 5.74) is -0.823. The van der Waals surface area contributed by atoms with Gasteiger partial charge in [-0.3, -0.25) is 0 Å². The van der Waals surface area contributed by atoms with E-state index in [1.165, 1.54) is 0 Å². The van der Waals surface area contributed by atoms with E-state index in [0.29, 0.717) is 0 Å². The van der Waals surface area contributed by atoms with Gasteiger partial charge < -0.3 is 9.84 Å². The molecule has 1 aromatic rings. The molecule has 0 heterocycles. The molecule has 1 aromatic carbocycles. The molecular weight excluding hydrogens is 437 g/mol. The highest BCUT2D eigenvalue weighted by Crippen LogP contribution is 2.58. The van der Waals surface area contributed by atoms with Crippen molar-refractivity contribution in [3.63, 3.8) is 0 Å². The van der Waals surface area contributed by atoms with Gasteiger partial charge in [0.1, 0.15) is 0 Å². The average Bonchev–Trinajstić information content (AvgIpc) is 2.59. The predicted molar refractivity (Wildman–Crippen MR) is 73.2 cm³/mol. The van der Waals surface area contributed by atoms with Gasteiger partial charge in [0.15, 0.2) is 0 Å². The lowest BCUT2D eigenvalue weighted by Crippen LogP contribution is -2.66. The number of carbonyl (C=O) groups is 1. The van der Waals surface area contributed by atoms with Crippen LogP contribution >= 0.6 is 0 Å². The van der Waals surface area contributed by atoms with Crippen molar-refractivity contribution in [2.75, 3.05) is 7.11 Å². The first-order valence-corrected chi connectivity index (χ1v) is 7.28. The minimum absolute atomic E-state index is 0.183. The van der Waals surface area contributed by atoms with E-state index in [9.17, 15) is 58.2 Å². The third-order valence-electron chi connectivity index (χ3n) is 3.77. The van der Waals surface area contributed by atoms with E-state index < -0.39 is 53.9 Å². The summed E-state index contributed by atoms with van der Waals surface area (Å²) in [7, 11) is 0.977. The second-order valence-corrected chi connectivity index (χ2v) is 5.76. The number of aliphatic hydroxyl groups is 1. The molecule has 0 aromatic heterocycles. The molecule has 0 aliphatic heterocycles. The first kappa shape index (κ1) is 24.9. The van der Waals surface area contributed by atoms with Crippen LogP contribution in [-0.2, 0) is 4.74 Å². The highest BCUT2D eigenvalue weighted by molar-refractivity contribution is 5.89. The van der Waals surface area contributed by atoms with E-state index in [1.807, 2.05) is 0 Å². The number of ether oxygens (including phenoxy) is 1. The highest BCUT2D eigenvalue weighted by atomic mass is 19.4. The summed E-state index contributed by atoms with van der Waals surface area (Å²) >= 11 is 0. The summed E-state index contributed by atoms with van der Waals surface area (Å²) in [5, 5.41) is 9.55. The van der Waals surface area contributed by atoms with E-state index in [0.717, 1.165) is 31.4 Å². The minimum atomic E-state index is -7.53. The van der Waals surface area contributed by atoms with Crippen LogP contribution in [0.15, 0.2) is 24.3 Å². The molecule has 14 heteroatoms.